The van der Waals surface area contributed by atoms with Gasteiger partial charge in [-0.25, -0.2) is 13.9 Å². The van der Waals surface area contributed by atoms with Gasteiger partial charge in [-0.3, -0.25) is 4.79 Å². The maximum absolute atomic E-state index is 13.8. The predicted octanol–water partition coefficient (Wildman–Crippen LogP) is 3.66. The van der Waals surface area contributed by atoms with Gasteiger partial charge in [0.1, 0.15) is 11.4 Å². The molecule has 8 heteroatoms. The SMILES string of the molecule is COC(=O)c1cc(-c2ccc(F)c(CN)c2)nn(C/C=C/c2ccc(Cl)cc2)c1=O. The maximum atomic E-state index is 13.8. The monoisotopic (exact) mass is 427 g/mol. The molecule has 3 aromatic rings. The highest BCUT2D eigenvalue weighted by Gasteiger charge is 2.17. The highest BCUT2D eigenvalue weighted by Crippen LogP contribution is 2.20. The summed E-state index contributed by atoms with van der Waals surface area (Å²) >= 11 is 5.88. The largest absolute Gasteiger partial charge is 0.465 e. The number of carbonyl (C=O) groups is 1. The number of nitrogens with zero attached hydrogens (tertiary/aromatic N) is 2. The van der Waals surface area contributed by atoms with Crippen molar-refractivity contribution in [3.63, 3.8) is 0 Å². The van der Waals surface area contributed by atoms with E-state index in [-0.39, 0.29) is 18.7 Å². The number of hydrogen-bond donors (Lipinski definition) is 1. The molecule has 0 fully saturated rings. The molecule has 1 aromatic heterocycles. The lowest BCUT2D eigenvalue weighted by Crippen LogP contribution is -2.29. The number of carbonyl (C=O) groups excluding carboxylic acids is 1. The van der Waals surface area contributed by atoms with Crippen molar-refractivity contribution in [2.45, 2.75) is 13.1 Å². The molecule has 30 heavy (non-hydrogen) atoms. The van der Waals surface area contributed by atoms with E-state index >= 15 is 0 Å². The minimum Gasteiger partial charge on any atom is -0.465 e. The lowest BCUT2D eigenvalue weighted by Gasteiger charge is -2.10. The Morgan fingerprint density at radius 1 is 1.23 bits per heavy atom. The third-order valence-corrected chi connectivity index (χ3v) is 4.65. The van der Waals surface area contributed by atoms with Crippen LogP contribution in [0, 0.1) is 5.82 Å². The Morgan fingerprint density at radius 2 is 1.97 bits per heavy atom. The van der Waals surface area contributed by atoms with E-state index in [2.05, 4.69) is 5.10 Å². The Morgan fingerprint density at radius 3 is 2.63 bits per heavy atom. The van der Waals surface area contributed by atoms with Crippen molar-refractivity contribution in [3.05, 3.63) is 92.5 Å². The van der Waals surface area contributed by atoms with Crippen LogP contribution < -0.4 is 11.3 Å². The fourth-order valence-corrected chi connectivity index (χ4v) is 2.94. The van der Waals surface area contributed by atoms with Crippen molar-refractivity contribution < 1.29 is 13.9 Å². The van der Waals surface area contributed by atoms with E-state index in [0.717, 1.165) is 10.2 Å². The zero-order valence-corrected chi connectivity index (χ0v) is 16.9. The van der Waals surface area contributed by atoms with Crippen molar-refractivity contribution in [2.24, 2.45) is 5.73 Å². The predicted molar refractivity (Wildman–Crippen MR) is 114 cm³/mol. The van der Waals surface area contributed by atoms with Crippen LogP contribution in [0.3, 0.4) is 0 Å². The summed E-state index contributed by atoms with van der Waals surface area (Å²) in [7, 11) is 1.19. The zero-order chi connectivity index (χ0) is 21.7. The van der Waals surface area contributed by atoms with Crippen LogP contribution in [-0.4, -0.2) is 22.9 Å². The van der Waals surface area contributed by atoms with Gasteiger partial charge < -0.3 is 10.5 Å². The Labute approximate surface area is 177 Å². The molecule has 0 radical (unpaired) electrons. The molecular formula is C22H19ClFN3O3. The van der Waals surface area contributed by atoms with Crippen LogP contribution in [0.1, 0.15) is 21.5 Å². The van der Waals surface area contributed by atoms with Gasteiger partial charge in [-0.05, 0) is 42.0 Å². The maximum Gasteiger partial charge on any atom is 0.343 e. The summed E-state index contributed by atoms with van der Waals surface area (Å²) in [5.74, 6) is -1.21. The smallest absolute Gasteiger partial charge is 0.343 e. The summed E-state index contributed by atoms with van der Waals surface area (Å²) in [6, 6.07) is 12.8. The number of halogens is 2. The number of esters is 1. The van der Waals surface area contributed by atoms with Gasteiger partial charge in [0.15, 0.2) is 0 Å². The second kappa shape index (κ2) is 9.47. The summed E-state index contributed by atoms with van der Waals surface area (Å²) in [5, 5.41) is 4.95. The van der Waals surface area contributed by atoms with Crippen molar-refractivity contribution in [1.82, 2.24) is 9.78 Å². The van der Waals surface area contributed by atoms with Crippen LogP contribution >= 0.6 is 11.6 Å². The molecule has 0 unspecified atom stereocenters. The van der Waals surface area contributed by atoms with Crippen molar-refractivity contribution >= 4 is 23.6 Å². The van der Waals surface area contributed by atoms with Crippen LogP contribution in [0.15, 0.2) is 59.4 Å². The number of benzene rings is 2. The normalized spacial score (nSPS) is 11.1. The highest BCUT2D eigenvalue weighted by atomic mass is 35.5. The Kier molecular flexibility index (Phi) is 6.76. The highest BCUT2D eigenvalue weighted by molar-refractivity contribution is 6.30. The molecule has 1 heterocycles. The molecule has 2 aromatic carbocycles. The van der Waals surface area contributed by atoms with Gasteiger partial charge in [0.25, 0.3) is 5.56 Å². The van der Waals surface area contributed by atoms with Crippen molar-refractivity contribution in [3.8, 4) is 11.3 Å². The van der Waals surface area contributed by atoms with Gasteiger partial charge in [-0.1, -0.05) is 35.9 Å². The third-order valence-electron chi connectivity index (χ3n) is 4.40. The molecule has 0 bridgehead atoms. The third kappa shape index (κ3) is 4.82. The number of aromatic nitrogens is 2. The number of hydrogen-bond acceptors (Lipinski definition) is 5. The lowest BCUT2D eigenvalue weighted by atomic mass is 10.1. The Balaban J connectivity index is 2.01. The topological polar surface area (TPSA) is 87.2 Å². The van der Waals surface area contributed by atoms with Gasteiger partial charge in [-0.15, -0.1) is 0 Å². The second-order valence-electron chi connectivity index (χ2n) is 6.39. The first-order valence-corrected chi connectivity index (χ1v) is 9.42. The minimum atomic E-state index is -0.778. The molecular weight excluding hydrogens is 409 g/mol. The van der Waals surface area contributed by atoms with Crippen molar-refractivity contribution in [2.75, 3.05) is 7.11 Å². The fraction of sp³-hybridized carbons (Fsp3) is 0.136. The van der Waals surface area contributed by atoms with Crippen LogP contribution in [0.4, 0.5) is 4.39 Å². The van der Waals surface area contributed by atoms with Crippen LogP contribution in [-0.2, 0) is 17.8 Å². The van der Waals surface area contributed by atoms with Gasteiger partial charge in [0.2, 0.25) is 0 Å². The van der Waals surface area contributed by atoms with Crippen molar-refractivity contribution in [1.29, 1.82) is 0 Å². The molecule has 0 aliphatic heterocycles. The average Bonchev–Trinajstić information content (AvgIpc) is 2.76. The fourth-order valence-electron chi connectivity index (χ4n) is 2.82. The zero-order valence-electron chi connectivity index (χ0n) is 16.1. The van der Waals surface area contributed by atoms with E-state index in [9.17, 15) is 14.0 Å². The number of allylic oxidation sites excluding steroid dienone is 1. The molecule has 154 valence electrons. The standard InChI is InChI=1S/C22H19ClFN3O3/c1-30-22(29)18-12-20(15-6-9-19(24)16(11-15)13-25)26-27(21(18)28)10-2-3-14-4-7-17(23)8-5-14/h2-9,11-12H,10,13,25H2,1H3/b3-2+. The first-order valence-electron chi connectivity index (χ1n) is 9.04. The van der Waals surface area contributed by atoms with Gasteiger partial charge in [0, 0.05) is 22.7 Å². The number of ether oxygens (including phenoxy) is 1. The van der Waals surface area contributed by atoms with E-state index in [0.29, 0.717) is 21.8 Å². The van der Waals surface area contributed by atoms with E-state index in [4.69, 9.17) is 22.1 Å². The average molecular weight is 428 g/mol. The summed E-state index contributed by atoms with van der Waals surface area (Å²) in [4.78, 5) is 24.8. The lowest BCUT2D eigenvalue weighted by molar-refractivity contribution is 0.0597. The number of rotatable bonds is 6. The van der Waals surface area contributed by atoms with E-state index in [1.807, 2.05) is 12.1 Å². The van der Waals surface area contributed by atoms with E-state index in [1.54, 1.807) is 24.3 Å². The number of methoxy groups -OCH3 is 1. The van der Waals surface area contributed by atoms with E-state index < -0.39 is 17.3 Å². The van der Waals surface area contributed by atoms with Gasteiger partial charge in [0.05, 0.1) is 19.3 Å². The molecule has 6 nitrogen and oxygen atoms in total. The molecule has 0 saturated carbocycles. The molecule has 3 rings (SSSR count). The summed E-state index contributed by atoms with van der Waals surface area (Å²) < 4.78 is 19.7. The van der Waals surface area contributed by atoms with Crippen LogP contribution in [0.25, 0.3) is 17.3 Å². The molecule has 0 aliphatic rings. The van der Waals surface area contributed by atoms with E-state index in [1.165, 1.54) is 31.4 Å². The molecule has 0 atom stereocenters. The molecule has 2 N–H and O–H groups in total. The van der Waals surface area contributed by atoms with Gasteiger partial charge >= 0.3 is 5.97 Å². The molecule has 0 aliphatic carbocycles. The van der Waals surface area contributed by atoms with Crippen LogP contribution in [0.2, 0.25) is 5.02 Å². The Bertz CT molecular complexity index is 1160. The summed E-state index contributed by atoms with van der Waals surface area (Å²) in [6.45, 7) is 0.122. The first kappa shape index (κ1) is 21.4. The minimum absolute atomic E-state index is 0.00695. The second-order valence-corrected chi connectivity index (χ2v) is 6.82. The Hall–Kier alpha value is -3.29. The van der Waals surface area contributed by atoms with Gasteiger partial charge in [-0.2, -0.15) is 5.10 Å². The quantitative estimate of drug-likeness (QED) is 0.606. The molecule has 0 saturated heterocycles. The van der Waals surface area contributed by atoms with Crippen LogP contribution in [0.5, 0.6) is 0 Å². The molecule has 0 amide bonds. The first-order chi connectivity index (χ1) is 14.4. The summed E-state index contributed by atoms with van der Waals surface area (Å²) in [5.41, 5.74) is 6.86. The molecule has 0 spiro atoms. The summed E-state index contributed by atoms with van der Waals surface area (Å²) in [6.07, 6.45) is 3.54. The number of nitrogens with two attached hydrogens (primary N) is 1.